The van der Waals surface area contributed by atoms with Crippen LogP contribution in [0, 0.1) is 0 Å². The van der Waals surface area contributed by atoms with Gasteiger partial charge in [-0.3, -0.25) is 4.79 Å². The van der Waals surface area contributed by atoms with Gasteiger partial charge in [0.2, 0.25) is 5.91 Å². The Hall–Kier alpha value is -2.36. The molecule has 1 N–H and O–H groups in total. The summed E-state index contributed by atoms with van der Waals surface area (Å²) in [6.07, 6.45) is 7.86. The predicted molar refractivity (Wildman–Crippen MR) is 80.5 cm³/mol. The second-order valence-electron chi connectivity index (χ2n) is 4.71. The standard InChI is InChI=1S/C16H19N3O/c1-3-13(2)18-16(20)10-9-14-11-17-19(12-14)15-7-5-4-6-8-15/h4-13H,3H2,1-2H3,(H,18,20)/b10-9+. The molecule has 4 nitrogen and oxygen atoms in total. The SMILES string of the molecule is CCC(C)NC(=O)/C=C/c1cnn(-c2ccccc2)c1. The molecule has 104 valence electrons. The van der Waals surface area contributed by atoms with E-state index in [1.807, 2.05) is 50.4 Å². The largest absolute Gasteiger partial charge is 0.350 e. The number of benzene rings is 1. The number of aromatic nitrogens is 2. The molecule has 1 heterocycles. The van der Waals surface area contributed by atoms with Gasteiger partial charge >= 0.3 is 0 Å². The lowest BCUT2D eigenvalue weighted by atomic mass is 10.2. The summed E-state index contributed by atoms with van der Waals surface area (Å²) in [6.45, 7) is 4.03. The Labute approximate surface area is 119 Å². The molecule has 1 atom stereocenters. The summed E-state index contributed by atoms with van der Waals surface area (Å²) in [6, 6.07) is 10.1. The Morgan fingerprint density at radius 1 is 1.40 bits per heavy atom. The summed E-state index contributed by atoms with van der Waals surface area (Å²) in [4.78, 5) is 11.6. The fourth-order valence-corrected chi connectivity index (χ4v) is 1.71. The van der Waals surface area contributed by atoms with E-state index in [0.717, 1.165) is 17.7 Å². The molecule has 0 radical (unpaired) electrons. The zero-order chi connectivity index (χ0) is 14.4. The molecule has 0 aliphatic rings. The molecule has 2 rings (SSSR count). The molecular formula is C16H19N3O. The molecule has 20 heavy (non-hydrogen) atoms. The third-order valence-electron chi connectivity index (χ3n) is 3.05. The van der Waals surface area contributed by atoms with Crippen LogP contribution in [0.15, 0.2) is 48.8 Å². The number of hydrogen-bond acceptors (Lipinski definition) is 2. The number of nitrogens with one attached hydrogen (secondary N) is 1. The van der Waals surface area contributed by atoms with Crippen molar-refractivity contribution in [1.82, 2.24) is 15.1 Å². The zero-order valence-electron chi connectivity index (χ0n) is 11.8. The normalized spacial score (nSPS) is 12.5. The first-order valence-corrected chi connectivity index (χ1v) is 6.77. The van der Waals surface area contributed by atoms with Gasteiger partial charge in [0.05, 0.1) is 11.9 Å². The van der Waals surface area contributed by atoms with Crippen LogP contribution in [-0.2, 0) is 4.79 Å². The minimum absolute atomic E-state index is 0.0770. The fraction of sp³-hybridized carbons (Fsp3) is 0.250. The van der Waals surface area contributed by atoms with Crippen molar-refractivity contribution in [3.05, 3.63) is 54.4 Å². The quantitative estimate of drug-likeness (QED) is 0.848. The summed E-state index contributed by atoms with van der Waals surface area (Å²) in [7, 11) is 0. The van der Waals surface area contributed by atoms with Gasteiger partial charge in [0.1, 0.15) is 0 Å². The number of carbonyl (C=O) groups is 1. The highest BCUT2D eigenvalue weighted by Crippen LogP contribution is 2.08. The first-order valence-electron chi connectivity index (χ1n) is 6.77. The van der Waals surface area contributed by atoms with Crippen LogP contribution in [0.1, 0.15) is 25.8 Å². The summed E-state index contributed by atoms with van der Waals surface area (Å²) in [5.41, 5.74) is 1.89. The Morgan fingerprint density at radius 3 is 2.85 bits per heavy atom. The molecule has 1 aromatic carbocycles. The molecule has 0 saturated carbocycles. The number of rotatable bonds is 5. The molecule has 0 bridgehead atoms. The van der Waals surface area contributed by atoms with E-state index in [1.54, 1.807) is 23.0 Å². The Balaban J connectivity index is 2.01. The van der Waals surface area contributed by atoms with Crippen molar-refractivity contribution in [3.63, 3.8) is 0 Å². The van der Waals surface area contributed by atoms with Gasteiger partial charge in [0.25, 0.3) is 0 Å². The molecule has 4 heteroatoms. The van der Waals surface area contributed by atoms with Gasteiger partial charge in [-0.2, -0.15) is 5.10 Å². The van der Waals surface area contributed by atoms with E-state index < -0.39 is 0 Å². The monoisotopic (exact) mass is 269 g/mol. The third-order valence-corrected chi connectivity index (χ3v) is 3.05. The molecule has 1 aromatic heterocycles. The third kappa shape index (κ3) is 3.82. The first-order chi connectivity index (χ1) is 9.69. The molecular weight excluding hydrogens is 250 g/mol. The van der Waals surface area contributed by atoms with Crippen LogP contribution in [0.5, 0.6) is 0 Å². The van der Waals surface area contributed by atoms with Gasteiger partial charge in [-0.05, 0) is 31.6 Å². The second-order valence-corrected chi connectivity index (χ2v) is 4.71. The lowest BCUT2D eigenvalue weighted by Crippen LogP contribution is -2.30. The maximum Gasteiger partial charge on any atom is 0.244 e. The smallest absolute Gasteiger partial charge is 0.244 e. The van der Waals surface area contributed by atoms with Gasteiger partial charge in [-0.15, -0.1) is 0 Å². The fourth-order valence-electron chi connectivity index (χ4n) is 1.71. The summed E-state index contributed by atoms with van der Waals surface area (Å²) < 4.78 is 1.78. The van der Waals surface area contributed by atoms with Crippen molar-refractivity contribution < 1.29 is 4.79 Å². The Bertz CT molecular complexity index is 587. The maximum atomic E-state index is 11.6. The van der Waals surface area contributed by atoms with Crippen molar-refractivity contribution >= 4 is 12.0 Å². The molecule has 2 aromatic rings. The Kier molecular flexibility index (Phi) is 4.71. The van der Waals surface area contributed by atoms with Crippen molar-refractivity contribution in [3.8, 4) is 5.69 Å². The summed E-state index contributed by atoms with van der Waals surface area (Å²) in [5, 5.41) is 7.16. The van der Waals surface area contributed by atoms with E-state index in [1.165, 1.54) is 0 Å². The predicted octanol–water partition coefficient (Wildman–Crippen LogP) is 2.80. The lowest BCUT2D eigenvalue weighted by Gasteiger charge is -2.08. The van der Waals surface area contributed by atoms with Crippen molar-refractivity contribution in [2.45, 2.75) is 26.3 Å². The number of carbonyl (C=O) groups excluding carboxylic acids is 1. The van der Waals surface area contributed by atoms with Crippen molar-refractivity contribution in [2.75, 3.05) is 0 Å². The van der Waals surface area contributed by atoms with Gasteiger partial charge < -0.3 is 5.32 Å². The van der Waals surface area contributed by atoms with Gasteiger partial charge in [0.15, 0.2) is 0 Å². The maximum absolute atomic E-state index is 11.6. The molecule has 1 unspecified atom stereocenters. The van der Waals surface area contributed by atoms with Gasteiger partial charge in [-0.1, -0.05) is 25.1 Å². The van der Waals surface area contributed by atoms with Gasteiger partial charge in [-0.25, -0.2) is 4.68 Å². The highest BCUT2D eigenvalue weighted by molar-refractivity contribution is 5.91. The molecule has 0 fully saturated rings. The number of hydrogen-bond donors (Lipinski definition) is 1. The van der Waals surface area contributed by atoms with Crippen LogP contribution in [0.4, 0.5) is 0 Å². The minimum atomic E-state index is -0.0770. The highest BCUT2D eigenvalue weighted by atomic mass is 16.1. The van der Waals surface area contributed by atoms with Crippen LogP contribution < -0.4 is 5.32 Å². The van der Waals surface area contributed by atoms with E-state index in [4.69, 9.17) is 0 Å². The number of nitrogens with zero attached hydrogens (tertiary/aromatic N) is 2. The topological polar surface area (TPSA) is 46.9 Å². The molecule has 0 aliphatic carbocycles. The second kappa shape index (κ2) is 6.70. The number of amides is 1. The van der Waals surface area contributed by atoms with Crippen LogP contribution >= 0.6 is 0 Å². The lowest BCUT2D eigenvalue weighted by molar-refractivity contribution is -0.117. The number of para-hydroxylation sites is 1. The average molecular weight is 269 g/mol. The summed E-state index contributed by atoms with van der Waals surface area (Å²) in [5.74, 6) is -0.0770. The van der Waals surface area contributed by atoms with Crippen LogP contribution in [0.3, 0.4) is 0 Å². The van der Waals surface area contributed by atoms with Crippen LogP contribution in [0.25, 0.3) is 11.8 Å². The molecule has 0 aliphatic heterocycles. The molecule has 1 amide bonds. The highest BCUT2D eigenvalue weighted by Gasteiger charge is 2.02. The van der Waals surface area contributed by atoms with E-state index in [-0.39, 0.29) is 11.9 Å². The van der Waals surface area contributed by atoms with Crippen LogP contribution in [0.2, 0.25) is 0 Å². The summed E-state index contributed by atoms with van der Waals surface area (Å²) >= 11 is 0. The Morgan fingerprint density at radius 2 is 2.15 bits per heavy atom. The molecule has 0 saturated heterocycles. The van der Waals surface area contributed by atoms with Crippen molar-refractivity contribution in [2.24, 2.45) is 0 Å². The first kappa shape index (κ1) is 14.1. The van der Waals surface area contributed by atoms with Crippen LogP contribution in [-0.4, -0.2) is 21.7 Å². The van der Waals surface area contributed by atoms with E-state index in [0.29, 0.717) is 0 Å². The van der Waals surface area contributed by atoms with E-state index >= 15 is 0 Å². The van der Waals surface area contributed by atoms with Crippen molar-refractivity contribution in [1.29, 1.82) is 0 Å². The average Bonchev–Trinajstić information content (AvgIpc) is 2.95. The zero-order valence-corrected chi connectivity index (χ0v) is 11.8. The van der Waals surface area contributed by atoms with E-state index in [2.05, 4.69) is 10.4 Å². The minimum Gasteiger partial charge on any atom is -0.350 e. The van der Waals surface area contributed by atoms with Gasteiger partial charge in [0, 0.05) is 23.9 Å². The van der Waals surface area contributed by atoms with E-state index in [9.17, 15) is 4.79 Å². The molecule has 0 spiro atoms.